The van der Waals surface area contributed by atoms with Gasteiger partial charge in [0.25, 0.3) is 0 Å². The van der Waals surface area contributed by atoms with Crippen molar-refractivity contribution in [3.05, 3.63) is 17.3 Å². The van der Waals surface area contributed by atoms with Crippen LogP contribution in [-0.4, -0.2) is 29.1 Å². The van der Waals surface area contributed by atoms with Gasteiger partial charge in [0.15, 0.2) is 11.6 Å². The highest BCUT2D eigenvalue weighted by molar-refractivity contribution is 6.28. The monoisotopic (exact) mass is 216 g/mol. The summed E-state index contributed by atoms with van der Waals surface area (Å²) >= 11 is 5.58. The smallest absolute Gasteiger partial charge is 0.224 e. The third-order valence-corrected chi connectivity index (χ3v) is 2.40. The zero-order valence-corrected chi connectivity index (χ0v) is 8.21. The van der Waals surface area contributed by atoms with Gasteiger partial charge in [-0.2, -0.15) is 4.98 Å². The highest BCUT2D eigenvalue weighted by Crippen LogP contribution is 2.21. The molecule has 4 nitrogen and oxygen atoms in total. The van der Waals surface area contributed by atoms with Crippen molar-refractivity contribution in [2.24, 2.45) is 5.73 Å². The third-order valence-electron chi connectivity index (χ3n) is 2.22. The van der Waals surface area contributed by atoms with E-state index in [1.54, 1.807) is 4.90 Å². The standard InChI is InChI=1S/C8H10ClFN4/c9-8-12-3-6(10)7(13-8)14-2-1-5(11)4-14/h3,5H,1-2,4,11H2. The van der Waals surface area contributed by atoms with Crippen LogP contribution in [0.1, 0.15) is 6.42 Å². The van der Waals surface area contributed by atoms with Gasteiger partial charge in [-0.3, -0.25) is 0 Å². The zero-order valence-electron chi connectivity index (χ0n) is 7.45. The molecule has 0 saturated carbocycles. The SMILES string of the molecule is NC1CCN(c2nc(Cl)ncc2F)C1. The largest absolute Gasteiger partial charge is 0.352 e. The van der Waals surface area contributed by atoms with Gasteiger partial charge in [-0.15, -0.1) is 0 Å². The lowest BCUT2D eigenvalue weighted by Crippen LogP contribution is -2.27. The van der Waals surface area contributed by atoms with Crippen LogP contribution in [0.5, 0.6) is 0 Å². The zero-order chi connectivity index (χ0) is 10.1. The van der Waals surface area contributed by atoms with E-state index in [2.05, 4.69) is 9.97 Å². The van der Waals surface area contributed by atoms with E-state index < -0.39 is 5.82 Å². The van der Waals surface area contributed by atoms with Crippen LogP contribution in [0.15, 0.2) is 6.20 Å². The van der Waals surface area contributed by atoms with E-state index in [-0.39, 0.29) is 17.1 Å². The second-order valence-corrected chi connectivity index (χ2v) is 3.64. The first-order valence-corrected chi connectivity index (χ1v) is 4.73. The van der Waals surface area contributed by atoms with Gasteiger partial charge >= 0.3 is 0 Å². The van der Waals surface area contributed by atoms with E-state index >= 15 is 0 Å². The van der Waals surface area contributed by atoms with Gasteiger partial charge in [-0.05, 0) is 18.0 Å². The molecule has 0 aliphatic carbocycles. The minimum absolute atomic E-state index is 0.0573. The minimum Gasteiger partial charge on any atom is -0.352 e. The summed E-state index contributed by atoms with van der Waals surface area (Å²) in [6.45, 7) is 1.33. The van der Waals surface area contributed by atoms with Crippen LogP contribution in [-0.2, 0) is 0 Å². The molecule has 0 spiro atoms. The quantitative estimate of drug-likeness (QED) is 0.706. The van der Waals surface area contributed by atoms with Crippen LogP contribution in [0.4, 0.5) is 10.2 Å². The van der Waals surface area contributed by atoms with E-state index in [0.29, 0.717) is 13.1 Å². The highest BCUT2D eigenvalue weighted by Gasteiger charge is 2.23. The lowest BCUT2D eigenvalue weighted by Gasteiger charge is -2.16. The summed E-state index contributed by atoms with van der Waals surface area (Å²) < 4.78 is 13.3. The maximum Gasteiger partial charge on any atom is 0.224 e. The molecule has 1 unspecified atom stereocenters. The van der Waals surface area contributed by atoms with Gasteiger partial charge in [0.1, 0.15) is 0 Å². The molecule has 2 heterocycles. The molecule has 1 aromatic rings. The summed E-state index contributed by atoms with van der Waals surface area (Å²) in [5, 5.41) is 0.0573. The summed E-state index contributed by atoms with van der Waals surface area (Å²) in [5.74, 6) is -0.207. The molecule has 0 bridgehead atoms. The number of aromatic nitrogens is 2. The first-order valence-electron chi connectivity index (χ1n) is 4.35. The topological polar surface area (TPSA) is 55.0 Å². The first kappa shape index (κ1) is 9.61. The summed E-state index contributed by atoms with van der Waals surface area (Å²) in [6, 6.07) is 0.0862. The molecule has 2 N–H and O–H groups in total. The molecule has 0 aromatic carbocycles. The Bertz CT molecular complexity index is 346. The van der Waals surface area contributed by atoms with Crippen LogP contribution < -0.4 is 10.6 Å². The molecule has 14 heavy (non-hydrogen) atoms. The van der Waals surface area contributed by atoms with Gasteiger partial charge in [-0.25, -0.2) is 9.37 Å². The Labute approximate surface area is 85.9 Å². The molecule has 1 saturated heterocycles. The van der Waals surface area contributed by atoms with E-state index in [4.69, 9.17) is 17.3 Å². The number of nitrogens with zero attached hydrogens (tertiary/aromatic N) is 3. The predicted molar refractivity (Wildman–Crippen MR) is 51.8 cm³/mol. The van der Waals surface area contributed by atoms with Gasteiger partial charge in [-0.1, -0.05) is 0 Å². The van der Waals surface area contributed by atoms with Gasteiger partial charge in [0, 0.05) is 19.1 Å². The average molecular weight is 217 g/mol. The lowest BCUT2D eigenvalue weighted by molar-refractivity contribution is 0.607. The normalized spacial score (nSPS) is 21.6. The molecule has 1 atom stereocenters. The Hall–Kier alpha value is -0.940. The Morgan fingerprint density at radius 3 is 3.07 bits per heavy atom. The van der Waals surface area contributed by atoms with Crippen LogP contribution in [0.25, 0.3) is 0 Å². The summed E-state index contributed by atoms with van der Waals surface area (Å²) in [5.41, 5.74) is 5.71. The molecule has 0 radical (unpaired) electrons. The molecule has 6 heteroatoms. The van der Waals surface area contributed by atoms with E-state index in [9.17, 15) is 4.39 Å². The minimum atomic E-state index is -0.455. The number of hydrogen-bond acceptors (Lipinski definition) is 4. The molecular weight excluding hydrogens is 207 g/mol. The van der Waals surface area contributed by atoms with Crippen molar-refractivity contribution in [3.8, 4) is 0 Å². The molecule has 0 amide bonds. The van der Waals surface area contributed by atoms with Crippen LogP contribution in [0.3, 0.4) is 0 Å². The summed E-state index contributed by atoms with van der Waals surface area (Å²) in [4.78, 5) is 9.18. The van der Waals surface area contributed by atoms with Crippen molar-refractivity contribution < 1.29 is 4.39 Å². The Morgan fingerprint density at radius 1 is 1.64 bits per heavy atom. The summed E-state index contributed by atoms with van der Waals surface area (Å²) in [6.07, 6.45) is 1.93. The number of anilines is 1. The third kappa shape index (κ3) is 1.78. The lowest BCUT2D eigenvalue weighted by atomic mass is 10.3. The Morgan fingerprint density at radius 2 is 2.43 bits per heavy atom. The molecule has 1 aromatic heterocycles. The van der Waals surface area contributed by atoms with Crippen molar-refractivity contribution in [2.45, 2.75) is 12.5 Å². The van der Waals surface area contributed by atoms with Crippen LogP contribution >= 0.6 is 11.6 Å². The van der Waals surface area contributed by atoms with Crippen LogP contribution in [0.2, 0.25) is 5.28 Å². The Kier molecular flexibility index (Phi) is 2.52. The van der Waals surface area contributed by atoms with Gasteiger partial charge in [0.2, 0.25) is 5.28 Å². The van der Waals surface area contributed by atoms with E-state index in [1.807, 2.05) is 0 Å². The number of rotatable bonds is 1. The fourth-order valence-corrected chi connectivity index (χ4v) is 1.67. The maximum atomic E-state index is 13.3. The van der Waals surface area contributed by atoms with Crippen molar-refractivity contribution in [1.29, 1.82) is 0 Å². The number of halogens is 2. The highest BCUT2D eigenvalue weighted by atomic mass is 35.5. The molecule has 1 aliphatic rings. The first-order chi connectivity index (χ1) is 6.66. The molecular formula is C8H10ClFN4. The predicted octanol–water partition coefficient (Wildman–Crippen LogP) is 0.806. The van der Waals surface area contributed by atoms with E-state index in [1.165, 1.54) is 0 Å². The second-order valence-electron chi connectivity index (χ2n) is 3.31. The van der Waals surface area contributed by atoms with E-state index in [0.717, 1.165) is 12.6 Å². The van der Waals surface area contributed by atoms with Crippen molar-refractivity contribution in [2.75, 3.05) is 18.0 Å². The molecule has 2 rings (SSSR count). The van der Waals surface area contributed by atoms with Crippen molar-refractivity contribution in [1.82, 2.24) is 9.97 Å². The molecule has 1 fully saturated rings. The average Bonchev–Trinajstić information content (AvgIpc) is 2.56. The van der Waals surface area contributed by atoms with Crippen LogP contribution in [0, 0.1) is 5.82 Å². The fourth-order valence-electron chi connectivity index (χ4n) is 1.54. The van der Waals surface area contributed by atoms with Gasteiger partial charge < -0.3 is 10.6 Å². The Balaban J connectivity index is 2.27. The summed E-state index contributed by atoms with van der Waals surface area (Å²) in [7, 11) is 0. The molecule has 76 valence electrons. The van der Waals surface area contributed by atoms with Crippen molar-refractivity contribution >= 4 is 17.4 Å². The maximum absolute atomic E-state index is 13.3. The van der Waals surface area contributed by atoms with Crippen molar-refractivity contribution in [3.63, 3.8) is 0 Å². The number of hydrogen-bond donors (Lipinski definition) is 1. The second kappa shape index (κ2) is 3.67. The fraction of sp³-hybridized carbons (Fsp3) is 0.500. The van der Waals surface area contributed by atoms with Gasteiger partial charge in [0.05, 0.1) is 6.20 Å². The number of nitrogens with two attached hydrogens (primary N) is 1. The molecule has 1 aliphatic heterocycles.